The average molecular weight is 415 g/mol. The van der Waals surface area contributed by atoms with Crippen molar-refractivity contribution in [2.75, 3.05) is 31.7 Å². The van der Waals surface area contributed by atoms with E-state index in [4.69, 9.17) is 18.9 Å². The van der Waals surface area contributed by atoms with E-state index in [9.17, 15) is 14.4 Å². The standard InChI is InChI=1S/C22H25NO7/c1-3-13-28-22(26)16-5-7-17(8-6-16)23-20(24)14-30-21(25)15-29-19-11-9-18(10-12-19)27-4-2/h5-12H,3-4,13-15H2,1-2H3,(H,23,24). The van der Waals surface area contributed by atoms with Crippen LogP contribution in [-0.2, 0) is 19.1 Å². The van der Waals surface area contributed by atoms with Crippen LogP contribution in [0.3, 0.4) is 0 Å². The van der Waals surface area contributed by atoms with Gasteiger partial charge in [-0.25, -0.2) is 9.59 Å². The van der Waals surface area contributed by atoms with Crippen LogP contribution in [0.5, 0.6) is 11.5 Å². The second-order valence-corrected chi connectivity index (χ2v) is 6.12. The molecule has 0 aliphatic rings. The van der Waals surface area contributed by atoms with E-state index in [0.29, 0.717) is 36.0 Å². The van der Waals surface area contributed by atoms with E-state index in [1.54, 1.807) is 48.5 Å². The van der Waals surface area contributed by atoms with E-state index in [2.05, 4.69) is 5.32 Å². The van der Waals surface area contributed by atoms with Gasteiger partial charge in [0.1, 0.15) is 11.5 Å². The van der Waals surface area contributed by atoms with Gasteiger partial charge >= 0.3 is 11.9 Å². The van der Waals surface area contributed by atoms with Crippen LogP contribution in [0.4, 0.5) is 5.69 Å². The molecule has 8 nitrogen and oxygen atoms in total. The van der Waals surface area contributed by atoms with E-state index in [-0.39, 0.29) is 6.61 Å². The predicted molar refractivity (Wildman–Crippen MR) is 110 cm³/mol. The Bertz CT molecular complexity index is 832. The van der Waals surface area contributed by atoms with Gasteiger partial charge in [-0.15, -0.1) is 0 Å². The van der Waals surface area contributed by atoms with Gasteiger partial charge < -0.3 is 24.3 Å². The molecule has 0 bridgehead atoms. The maximum atomic E-state index is 11.9. The normalized spacial score (nSPS) is 10.1. The van der Waals surface area contributed by atoms with Gasteiger partial charge in [-0.3, -0.25) is 4.79 Å². The van der Waals surface area contributed by atoms with Crippen molar-refractivity contribution in [3.8, 4) is 11.5 Å². The maximum absolute atomic E-state index is 11.9. The third-order valence-electron chi connectivity index (χ3n) is 3.70. The highest BCUT2D eigenvalue weighted by atomic mass is 16.6. The Balaban J connectivity index is 1.70. The van der Waals surface area contributed by atoms with Crippen molar-refractivity contribution >= 4 is 23.5 Å². The number of carbonyl (C=O) groups is 3. The lowest BCUT2D eigenvalue weighted by Gasteiger charge is -2.09. The summed E-state index contributed by atoms with van der Waals surface area (Å²) in [6, 6.07) is 13.0. The highest BCUT2D eigenvalue weighted by molar-refractivity contribution is 5.94. The summed E-state index contributed by atoms with van der Waals surface area (Å²) in [7, 11) is 0. The van der Waals surface area contributed by atoms with Crippen LogP contribution in [0, 0.1) is 0 Å². The Hall–Kier alpha value is -3.55. The van der Waals surface area contributed by atoms with E-state index in [1.165, 1.54) is 0 Å². The molecule has 0 fully saturated rings. The quantitative estimate of drug-likeness (QED) is 0.563. The number of hydrogen-bond donors (Lipinski definition) is 1. The summed E-state index contributed by atoms with van der Waals surface area (Å²) in [5.74, 6) is -0.414. The Morgan fingerprint density at radius 3 is 2.03 bits per heavy atom. The summed E-state index contributed by atoms with van der Waals surface area (Å²) < 4.78 is 20.6. The van der Waals surface area contributed by atoms with Crippen LogP contribution in [0.2, 0.25) is 0 Å². The topological polar surface area (TPSA) is 100 Å². The molecular formula is C22H25NO7. The molecule has 0 atom stereocenters. The molecule has 8 heteroatoms. The number of esters is 2. The molecule has 0 aromatic heterocycles. The minimum Gasteiger partial charge on any atom is -0.494 e. The van der Waals surface area contributed by atoms with Crippen molar-refractivity contribution in [1.82, 2.24) is 0 Å². The first-order chi connectivity index (χ1) is 14.5. The number of ether oxygens (including phenoxy) is 4. The maximum Gasteiger partial charge on any atom is 0.344 e. The SMILES string of the molecule is CCCOC(=O)c1ccc(NC(=O)COC(=O)COc2ccc(OCC)cc2)cc1. The Morgan fingerprint density at radius 2 is 1.43 bits per heavy atom. The van der Waals surface area contributed by atoms with Gasteiger partial charge in [0, 0.05) is 5.69 Å². The zero-order valence-electron chi connectivity index (χ0n) is 17.0. The van der Waals surface area contributed by atoms with Crippen molar-refractivity contribution in [3.05, 3.63) is 54.1 Å². The molecule has 1 N–H and O–H groups in total. The molecule has 0 saturated heterocycles. The highest BCUT2D eigenvalue weighted by Crippen LogP contribution is 2.17. The average Bonchev–Trinajstić information content (AvgIpc) is 2.76. The monoisotopic (exact) mass is 415 g/mol. The van der Waals surface area contributed by atoms with E-state index >= 15 is 0 Å². The molecule has 30 heavy (non-hydrogen) atoms. The third kappa shape index (κ3) is 7.83. The van der Waals surface area contributed by atoms with Gasteiger partial charge in [-0.05, 0) is 61.9 Å². The number of hydrogen-bond acceptors (Lipinski definition) is 7. The molecule has 2 aromatic carbocycles. The van der Waals surface area contributed by atoms with Crippen LogP contribution in [-0.4, -0.2) is 44.3 Å². The van der Waals surface area contributed by atoms with Crippen LogP contribution < -0.4 is 14.8 Å². The second-order valence-electron chi connectivity index (χ2n) is 6.12. The van der Waals surface area contributed by atoms with Crippen molar-refractivity contribution in [3.63, 3.8) is 0 Å². The first-order valence-electron chi connectivity index (χ1n) is 9.60. The molecule has 2 rings (SSSR count). The van der Waals surface area contributed by atoms with E-state index in [0.717, 1.165) is 6.42 Å². The van der Waals surface area contributed by atoms with Crippen LogP contribution in [0.25, 0.3) is 0 Å². The molecule has 0 radical (unpaired) electrons. The first kappa shape index (κ1) is 22.7. The molecule has 0 unspecified atom stereocenters. The minimum atomic E-state index is -0.673. The zero-order chi connectivity index (χ0) is 21.8. The molecule has 1 amide bonds. The van der Waals surface area contributed by atoms with Gasteiger partial charge in [-0.2, -0.15) is 0 Å². The second kappa shape index (κ2) is 12.1. The van der Waals surface area contributed by atoms with Gasteiger partial charge in [0.2, 0.25) is 0 Å². The van der Waals surface area contributed by atoms with E-state index in [1.807, 2.05) is 13.8 Å². The third-order valence-corrected chi connectivity index (χ3v) is 3.70. The van der Waals surface area contributed by atoms with Gasteiger partial charge in [0.15, 0.2) is 13.2 Å². The minimum absolute atomic E-state index is 0.324. The number of anilines is 1. The van der Waals surface area contributed by atoms with Gasteiger partial charge in [0.05, 0.1) is 18.8 Å². The van der Waals surface area contributed by atoms with Crippen LogP contribution in [0.15, 0.2) is 48.5 Å². The van der Waals surface area contributed by atoms with Gasteiger partial charge in [-0.1, -0.05) is 6.92 Å². The lowest BCUT2D eigenvalue weighted by molar-refractivity contribution is -0.149. The molecule has 0 saturated carbocycles. The number of amides is 1. The summed E-state index contributed by atoms with van der Waals surface area (Å²) in [4.78, 5) is 35.4. The van der Waals surface area contributed by atoms with Crippen molar-refractivity contribution in [2.45, 2.75) is 20.3 Å². The largest absolute Gasteiger partial charge is 0.494 e. The number of benzene rings is 2. The number of rotatable bonds is 11. The molecule has 0 heterocycles. The smallest absolute Gasteiger partial charge is 0.344 e. The molecule has 0 aliphatic heterocycles. The Labute approximate surface area is 175 Å². The molecule has 0 aliphatic carbocycles. The lowest BCUT2D eigenvalue weighted by atomic mass is 10.2. The van der Waals surface area contributed by atoms with Crippen molar-refractivity contribution in [2.24, 2.45) is 0 Å². The van der Waals surface area contributed by atoms with Crippen LogP contribution >= 0.6 is 0 Å². The first-order valence-corrected chi connectivity index (χ1v) is 9.60. The molecule has 0 spiro atoms. The lowest BCUT2D eigenvalue weighted by Crippen LogP contribution is -2.23. The summed E-state index contributed by atoms with van der Waals surface area (Å²) >= 11 is 0. The Kier molecular flexibility index (Phi) is 9.18. The Morgan fingerprint density at radius 1 is 0.800 bits per heavy atom. The van der Waals surface area contributed by atoms with E-state index < -0.39 is 24.5 Å². The predicted octanol–water partition coefficient (Wildman–Crippen LogP) is 3.21. The van der Waals surface area contributed by atoms with Crippen molar-refractivity contribution in [1.29, 1.82) is 0 Å². The summed E-state index contributed by atoms with van der Waals surface area (Å²) in [6.45, 7) is 3.93. The zero-order valence-corrected chi connectivity index (χ0v) is 17.0. The summed E-state index contributed by atoms with van der Waals surface area (Å²) in [6.07, 6.45) is 0.740. The number of nitrogens with one attached hydrogen (secondary N) is 1. The molecule has 2 aromatic rings. The molecular weight excluding hydrogens is 390 g/mol. The number of carbonyl (C=O) groups excluding carboxylic acids is 3. The fourth-order valence-electron chi connectivity index (χ4n) is 2.29. The van der Waals surface area contributed by atoms with Crippen molar-refractivity contribution < 1.29 is 33.3 Å². The summed E-state index contributed by atoms with van der Waals surface area (Å²) in [5.41, 5.74) is 0.855. The fourth-order valence-corrected chi connectivity index (χ4v) is 2.29. The molecule has 160 valence electrons. The fraction of sp³-hybridized carbons (Fsp3) is 0.318. The highest BCUT2D eigenvalue weighted by Gasteiger charge is 2.10. The van der Waals surface area contributed by atoms with Gasteiger partial charge in [0.25, 0.3) is 5.91 Å². The summed E-state index contributed by atoms with van der Waals surface area (Å²) in [5, 5.41) is 2.58. The van der Waals surface area contributed by atoms with Crippen LogP contribution in [0.1, 0.15) is 30.6 Å².